The molecule has 1 N–H and O–H groups in total. The SMILES string of the molecule is C=C(C(O)C(=O)[C@@H](C)[C@H]1[C@@H](OC(C)=O)C[C@@]2(C)[C@@H]3CC[C@H]4[C@H](C)C(=O)C=C[C@@]45C[C@@]35CC[C@]12C)[C@@H](C)COC(=O)CCN(CC)CC. The van der Waals surface area contributed by atoms with Crippen LogP contribution in [0.3, 0.4) is 0 Å². The molecule has 4 fully saturated rings. The predicted molar refractivity (Wildman–Crippen MR) is 180 cm³/mol. The molecule has 0 aliphatic heterocycles. The monoisotopic (exact) mass is 653 g/mol. The fourth-order valence-electron chi connectivity index (χ4n) is 11.7. The standard InChI is InChI=1S/C39H59NO7/c1-10-40(11-2)19-15-32(43)46-21-23(3)24(4)34(44)35(45)26(6)33-30(47-27(7)41)20-37(9)31-13-12-28-25(5)29(42)14-16-38(28)22-39(31,38)18-17-36(33,37)8/h14,16,23,25-26,28,30-31,33-34,44H,4,10-13,15,17-22H2,1-3,5-9H3/t23-,25-,26-,28-,30-,31-,33-,34?,36+,37-,38+,39-/m0/s1. The van der Waals surface area contributed by atoms with Crippen LogP contribution in [0.4, 0.5) is 0 Å². The molecule has 262 valence electrons. The van der Waals surface area contributed by atoms with Gasteiger partial charge in [0.2, 0.25) is 0 Å². The Morgan fingerprint density at radius 1 is 1.11 bits per heavy atom. The predicted octanol–water partition coefficient (Wildman–Crippen LogP) is 5.96. The molecule has 8 nitrogen and oxygen atoms in total. The normalized spacial score (nSPS) is 40.3. The number of hydrogen-bond acceptors (Lipinski definition) is 8. The van der Waals surface area contributed by atoms with Gasteiger partial charge < -0.3 is 19.5 Å². The van der Waals surface area contributed by atoms with Crippen LogP contribution in [0.1, 0.15) is 100 Å². The van der Waals surface area contributed by atoms with E-state index in [2.05, 4.69) is 52.2 Å². The average molecular weight is 654 g/mol. The van der Waals surface area contributed by atoms with Gasteiger partial charge in [-0.15, -0.1) is 0 Å². The summed E-state index contributed by atoms with van der Waals surface area (Å²) in [6.45, 7) is 22.5. The summed E-state index contributed by atoms with van der Waals surface area (Å²) in [5, 5.41) is 11.4. The van der Waals surface area contributed by atoms with E-state index in [4.69, 9.17) is 9.47 Å². The van der Waals surface area contributed by atoms with E-state index < -0.39 is 24.0 Å². The summed E-state index contributed by atoms with van der Waals surface area (Å²) in [6.07, 6.45) is 8.33. The first-order chi connectivity index (χ1) is 22.0. The smallest absolute Gasteiger partial charge is 0.307 e. The Labute approximate surface area is 282 Å². The van der Waals surface area contributed by atoms with E-state index in [0.29, 0.717) is 30.4 Å². The lowest BCUT2D eigenvalue weighted by Crippen LogP contribution is -2.55. The Morgan fingerprint density at radius 2 is 1.79 bits per heavy atom. The molecule has 4 saturated carbocycles. The van der Waals surface area contributed by atoms with Crippen molar-refractivity contribution in [1.29, 1.82) is 0 Å². The quantitative estimate of drug-likeness (QED) is 0.192. The number of hydrogen-bond donors (Lipinski definition) is 1. The molecular weight excluding hydrogens is 594 g/mol. The molecule has 0 aromatic heterocycles. The van der Waals surface area contributed by atoms with Gasteiger partial charge in [0, 0.05) is 37.1 Å². The highest BCUT2D eigenvalue weighted by atomic mass is 16.5. The number of esters is 2. The van der Waals surface area contributed by atoms with Crippen LogP contribution < -0.4 is 0 Å². The topological polar surface area (TPSA) is 110 Å². The molecule has 1 unspecified atom stereocenters. The number of fused-ring (bicyclic) bond motifs is 2. The lowest BCUT2D eigenvalue weighted by molar-refractivity contribution is -0.155. The largest absolute Gasteiger partial charge is 0.465 e. The summed E-state index contributed by atoms with van der Waals surface area (Å²) in [6, 6.07) is 0. The highest BCUT2D eigenvalue weighted by Gasteiger charge is 2.81. The number of carbonyl (C=O) groups excluding carboxylic acids is 4. The van der Waals surface area contributed by atoms with Crippen molar-refractivity contribution in [2.45, 2.75) is 113 Å². The van der Waals surface area contributed by atoms with E-state index in [1.165, 1.54) is 6.92 Å². The number of aliphatic hydroxyl groups excluding tert-OH is 1. The third kappa shape index (κ3) is 5.57. The second-order valence-corrected chi connectivity index (χ2v) is 16.4. The van der Waals surface area contributed by atoms with Crippen molar-refractivity contribution in [3.05, 3.63) is 24.3 Å². The second kappa shape index (κ2) is 12.9. The van der Waals surface area contributed by atoms with E-state index in [9.17, 15) is 24.3 Å². The van der Waals surface area contributed by atoms with E-state index in [1.54, 1.807) is 0 Å². The highest BCUT2D eigenvalue weighted by molar-refractivity contribution is 5.93. The van der Waals surface area contributed by atoms with Crippen LogP contribution in [-0.2, 0) is 28.7 Å². The minimum atomic E-state index is -1.41. The second-order valence-electron chi connectivity index (χ2n) is 16.4. The molecule has 5 aliphatic rings. The Morgan fingerprint density at radius 3 is 2.43 bits per heavy atom. The van der Waals surface area contributed by atoms with Crippen LogP contribution in [0.15, 0.2) is 24.3 Å². The molecule has 8 heteroatoms. The lowest BCUT2D eigenvalue weighted by atomic mass is 9.43. The number of rotatable bonds is 13. The molecule has 0 bridgehead atoms. The average Bonchev–Trinajstić information content (AvgIpc) is 3.64. The summed E-state index contributed by atoms with van der Waals surface area (Å²) < 4.78 is 11.6. The molecule has 0 aromatic carbocycles. The van der Waals surface area contributed by atoms with Crippen LogP contribution in [0, 0.1) is 57.2 Å². The van der Waals surface area contributed by atoms with E-state index in [0.717, 1.165) is 45.2 Å². The van der Waals surface area contributed by atoms with Crippen molar-refractivity contribution >= 4 is 23.5 Å². The third-order valence-electron chi connectivity index (χ3n) is 14.6. The van der Waals surface area contributed by atoms with Gasteiger partial charge in [-0.05, 0) is 96.8 Å². The van der Waals surface area contributed by atoms with Gasteiger partial charge in [0.1, 0.15) is 12.2 Å². The number of carbonyl (C=O) groups is 4. The first-order valence-corrected chi connectivity index (χ1v) is 18.2. The summed E-state index contributed by atoms with van der Waals surface area (Å²) in [4.78, 5) is 53.8. The van der Waals surface area contributed by atoms with Crippen LogP contribution >= 0.6 is 0 Å². The molecular formula is C39H59NO7. The van der Waals surface area contributed by atoms with Gasteiger partial charge in [-0.3, -0.25) is 19.2 Å². The third-order valence-corrected chi connectivity index (χ3v) is 14.6. The molecule has 0 heterocycles. The summed E-state index contributed by atoms with van der Waals surface area (Å²) in [5.41, 5.74) is 0.0864. The maximum atomic E-state index is 14.1. The van der Waals surface area contributed by atoms with Crippen molar-refractivity contribution in [1.82, 2.24) is 4.90 Å². The summed E-state index contributed by atoms with van der Waals surface area (Å²) in [5.74, 6) is -1.13. The van der Waals surface area contributed by atoms with Gasteiger partial charge in [-0.1, -0.05) is 61.1 Å². The number of allylic oxidation sites excluding steroid dienone is 2. The van der Waals surface area contributed by atoms with Crippen molar-refractivity contribution in [3.63, 3.8) is 0 Å². The van der Waals surface area contributed by atoms with Crippen LogP contribution in [0.5, 0.6) is 0 Å². The first-order valence-electron chi connectivity index (χ1n) is 18.2. The lowest BCUT2D eigenvalue weighted by Gasteiger charge is -2.60. The molecule has 12 atom stereocenters. The maximum absolute atomic E-state index is 14.1. The summed E-state index contributed by atoms with van der Waals surface area (Å²) in [7, 11) is 0. The summed E-state index contributed by atoms with van der Waals surface area (Å²) >= 11 is 0. The van der Waals surface area contributed by atoms with Crippen molar-refractivity contribution < 1.29 is 33.8 Å². The van der Waals surface area contributed by atoms with Gasteiger partial charge in [-0.25, -0.2) is 0 Å². The fraction of sp³-hybridized carbons (Fsp3) is 0.795. The van der Waals surface area contributed by atoms with Crippen molar-refractivity contribution in [2.75, 3.05) is 26.2 Å². The first kappa shape index (κ1) is 36.0. The Balaban J connectivity index is 1.32. The van der Waals surface area contributed by atoms with Gasteiger partial charge in [0.15, 0.2) is 11.6 Å². The zero-order valence-electron chi connectivity index (χ0n) is 30.1. The van der Waals surface area contributed by atoms with Crippen LogP contribution in [0.25, 0.3) is 0 Å². The number of nitrogens with zero attached hydrogens (tertiary/aromatic N) is 1. The van der Waals surface area contributed by atoms with Crippen molar-refractivity contribution in [3.8, 4) is 0 Å². The maximum Gasteiger partial charge on any atom is 0.307 e. The van der Waals surface area contributed by atoms with Gasteiger partial charge in [0.25, 0.3) is 0 Å². The molecule has 0 radical (unpaired) electrons. The zero-order valence-corrected chi connectivity index (χ0v) is 30.1. The van der Waals surface area contributed by atoms with Gasteiger partial charge in [-0.2, -0.15) is 0 Å². The van der Waals surface area contributed by atoms with E-state index >= 15 is 0 Å². The molecule has 0 amide bonds. The number of ether oxygens (including phenoxy) is 2. The highest BCUT2D eigenvalue weighted by Crippen LogP contribution is 2.87. The minimum Gasteiger partial charge on any atom is -0.465 e. The molecule has 5 aliphatic carbocycles. The molecule has 0 aromatic rings. The molecule has 0 saturated heterocycles. The number of ketones is 2. The Bertz CT molecular complexity index is 1320. The molecule has 47 heavy (non-hydrogen) atoms. The van der Waals surface area contributed by atoms with E-state index in [-0.39, 0.29) is 70.0 Å². The number of Topliss-reactive ketones (excluding diaryl/α,β-unsaturated/α-hetero) is 1. The number of aliphatic hydroxyl groups is 1. The van der Waals surface area contributed by atoms with E-state index in [1.807, 2.05) is 19.9 Å². The fourth-order valence-corrected chi connectivity index (χ4v) is 11.7. The van der Waals surface area contributed by atoms with Crippen LogP contribution in [-0.4, -0.2) is 72.0 Å². The van der Waals surface area contributed by atoms with Gasteiger partial charge >= 0.3 is 11.9 Å². The molecule has 2 spiro atoms. The van der Waals surface area contributed by atoms with Crippen LogP contribution in [0.2, 0.25) is 0 Å². The minimum absolute atomic E-state index is 0.0507. The Kier molecular flexibility index (Phi) is 9.84. The Hall–Kier alpha value is -2.32. The van der Waals surface area contributed by atoms with Crippen molar-refractivity contribution in [2.24, 2.45) is 57.2 Å². The molecule has 5 rings (SSSR count). The van der Waals surface area contributed by atoms with Gasteiger partial charge in [0.05, 0.1) is 13.0 Å². The zero-order chi connectivity index (χ0) is 34.7.